The van der Waals surface area contributed by atoms with Crippen LogP contribution in [0.15, 0.2) is 0 Å². The first-order valence-corrected chi connectivity index (χ1v) is 6.82. The third kappa shape index (κ3) is 4.40. The van der Waals surface area contributed by atoms with E-state index < -0.39 is 0 Å². The normalized spacial score (nSPS) is 22.9. The zero-order chi connectivity index (χ0) is 11.8. The Bertz CT molecular complexity index is 163. The van der Waals surface area contributed by atoms with E-state index in [1.54, 1.807) is 0 Å². The van der Waals surface area contributed by atoms with Crippen LogP contribution in [0, 0.1) is 0 Å². The molecular weight excluding hydrogens is 200 g/mol. The number of nitrogens with zero attached hydrogens (tertiary/aromatic N) is 1. The van der Waals surface area contributed by atoms with Gasteiger partial charge in [-0.1, -0.05) is 20.3 Å². The molecule has 0 aromatic heterocycles. The summed E-state index contributed by atoms with van der Waals surface area (Å²) in [6, 6.07) is 0.671. The predicted octanol–water partition coefficient (Wildman–Crippen LogP) is 1.88. The summed E-state index contributed by atoms with van der Waals surface area (Å²) >= 11 is 0. The van der Waals surface area contributed by atoms with Crippen molar-refractivity contribution in [1.82, 2.24) is 10.2 Å². The highest BCUT2D eigenvalue weighted by Gasteiger charge is 2.22. The van der Waals surface area contributed by atoms with Crippen LogP contribution >= 0.6 is 0 Å². The van der Waals surface area contributed by atoms with Crippen molar-refractivity contribution in [3.63, 3.8) is 0 Å². The first kappa shape index (κ1) is 13.9. The van der Waals surface area contributed by atoms with Crippen molar-refractivity contribution in [3.8, 4) is 0 Å². The Balaban J connectivity index is 2.40. The lowest BCUT2D eigenvalue weighted by Crippen LogP contribution is -2.44. The summed E-state index contributed by atoms with van der Waals surface area (Å²) in [5, 5.41) is 3.31. The van der Waals surface area contributed by atoms with Gasteiger partial charge in [0.1, 0.15) is 0 Å². The molecule has 0 bridgehead atoms. The van der Waals surface area contributed by atoms with Crippen LogP contribution < -0.4 is 5.32 Å². The van der Waals surface area contributed by atoms with Gasteiger partial charge in [-0.25, -0.2) is 0 Å². The molecule has 3 nitrogen and oxygen atoms in total. The van der Waals surface area contributed by atoms with Crippen LogP contribution in [0.25, 0.3) is 0 Å². The van der Waals surface area contributed by atoms with Crippen molar-refractivity contribution in [2.45, 2.75) is 51.7 Å². The fraction of sp³-hybridized carbons (Fsp3) is 1.00. The van der Waals surface area contributed by atoms with E-state index in [0.29, 0.717) is 12.1 Å². The fourth-order valence-corrected chi connectivity index (χ4v) is 2.57. The van der Waals surface area contributed by atoms with E-state index in [9.17, 15) is 0 Å². The van der Waals surface area contributed by atoms with Gasteiger partial charge in [-0.05, 0) is 32.9 Å². The first-order chi connectivity index (χ1) is 7.81. The fourth-order valence-electron chi connectivity index (χ4n) is 2.57. The average Bonchev–Trinajstić information content (AvgIpc) is 2.78. The monoisotopic (exact) mass is 228 g/mol. The number of rotatable bonds is 8. The number of likely N-dealkylation sites (N-methyl/N-ethyl adjacent to an activating group) is 2. The Morgan fingerprint density at radius 3 is 2.75 bits per heavy atom. The maximum absolute atomic E-state index is 5.73. The topological polar surface area (TPSA) is 24.5 Å². The molecule has 1 N–H and O–H groups in total. The highest BCUT2D eigenvalue weighted by Crippen LogP contribution is 2.16. The lowest BCUT2D eigenvalue weighted by molar-refractivity contribution is 0.0573. The number of ether oxygens (including phenoxy) is 1. The first-order valence-electron chi connectivity index (χ1n) is 6.82. The van der Waals surface area contributed by atoms with Gasteiger partial charge in [-0.3, -0.25) is 4.90 Å². The number of hydrogen-bond acceptors (Lipinski definition) is 3. The summed E-state index contributed by atoms with van der Waals surface area (Å²) < 4.78 is 5.73. The molecule has 0 aliphatic carbocycles. The standard InChI is InChI=1S/C13H28N2O/c1-4-7-12(10-14-3)15(5-2)11-13-8-6-9-16-13/h12-14H,4-11H2,1-3H3. The smallest absolute Gasteiger partial charge is 0.0702 e. The van der Waals surface area contributed by atoms with Crippen molar-refractivity contribution in [2.24, 2.45) is 0 Å². The van der Waals surface area contributed by atoms with E-state index in [1.165, 1.54) is 25.7 Å². The van der Waals surface area contributed by atoms with Gasteiger partial charge in [0, 0.05) is 25.7 Å². The van der Waals surface area contributed by atoms with Crippen LogP contribution in [-0.4, -0.2) is 50.3 Å². The minimum Gasteiger partial charge on any atom is -0.377 e. The van der Waals surface area contributed by atoms with Crippen LogP contribution in [-0.2, 0) is 4.74 Å². The molecule has 96 valence electrons. The summed E-state index contributed by atoms with van der Waals surface area (Å²) in [6.45, 7) is 8.83. The Hall–Kier alpha value is -0.120. The summed E-state index contributed by atoms with van der Waals surface area (Å²) in [4.78, 5) is 2.58. The molecule has 1 rings (SSSR count). The van der Waals surface area contributed by atoms with Crippen molar-refractivity contribution in [3.05, 3.63) is 0 Å². The second-order valence-electron chi connectivity index (χ2n) is 4.72. The molecule has 1 aliphatic rings. The Morgan fingerprint density at radius 1 is 1.44 bits per heavy atom. The van der Waals surface area contributed by atoms with Crippen LogP contribution in [0.3, 0.4) is 0 Å². The molecule has 1 heterocycles. The van der Waals surface area contributed by atoms with E-state index in [-0.39, 0.29) is 0 Å². The molecule has 1 saturated heterocycles. The number of hydrogen-bond donors (Lipinski definition) is 1. The van der Waals surface area contributed by atoms with Crippen molar-refractivity contribution < 1.29 is 4.74 Å². The second-order valence-corrected chi connectivity index (χ2v) is 4.72. The van der Waals surface area contributed by atoms with Gasteiger partial charge in [0.05, 0.1) is 6.10 Å². The van der Waals surface area contributed by atoms with Crippen molar-refractivity contribution in [1.29, 1.82) is 0 Å². The Labute approximate surface area is 101 Å². The zero-order valence-corrected chi connectivity index (χ0v) is 11.2. The van der Waals surface area contributed by atoms with Gasteiger partial charge in [-0.15, -0.1) is 0 Å². The van der Waals surface area contributed by atoms with E-state index in [4.69, 9.17) is 4.74 Å². The highest BCUT2D eigenvalue weighted by molar-refractivity contribution is 4.77. The van der Waals surface area contributed by atoms with Crippen molar-refractivity contribution in [2.75, 3.05) is 33.3 Å². The maximum atomic E-state index is 5.73. The Morgan fingerprint density at radius 2 is 2.25 bits per heavy atom. The molecule has 0 aromatic rings. The molecule has 1 aliphatic heterocycles. The molecule has 3 heteroatoms. The molecule has 2 unspecified atom stereocenters. The predicted molar refractivity (Wildman–Crippen MR) is 68.8 cm³/mol. The minimum atomic E-state index is 0.483. The van der Waals surface area contributed by atoms with Crippen LogP contribution in [0.5, 0.6) is 0 Å². The van der Waals surface area contributed by atoms with Crippen molar-refractivity contribution >= 4 is 0 Å². The molecule has 2 atom stereocenters. The number of nitrogens with one attached hydrogen (secondary N) is 1. The molecule has 0 spiro atoms. The summed E-state index contributed by atoms with van der Waals surface area (Å²) in [6.07, 6.45) is 5.51. The molecule has 0 aromatic carbocycles. The summed E-state index contributed by atoms with van der Waals surface area (Å²) in [5.74, 6) is 0. The van der Waals surface area contributed by atoms with E-state index >= 15 is 0 Å². The second kappa shape index (κ2) is 8.04. The minimum absolute atomic E-state index is 0.483. The average molecular weight is 228 g/mol. The van der Waals surface area contributed by atoms with Crippen LogP contribution in [0.2, 0.25) is 0 Å². The van der Waals surface area contributed by atoms with Crippen LogP contribution in [0.4, 0.5) is 0 Å². The molecule has 0 saturated carbocycles. The SMILES string of the molecule is CCCC(CNC)N(CC)CC1CCCO1. The molecule has 0 radical (unpaired) electrons. The third-order valence-corrected chi connectivity index (χ3v) is 3.45. The van der Waals surface area contributed by atoms with Gasteiger partial charge in [0.25, 0.3) is 0 Å². The quantitative estimate of drug-likeness (QED) is 0.686. The van der Waals surface area contributed by atoms with E-state index in [0.717, 1.165) is 26.2 Å². The maximum Gasteiger partial charge on any atom is 0.0702 e. The van der Waals surface area contributed by atoms with E-state index in [2.05, 4.69) is 24.1 Å². The Kier molecular flexibility index (Phi) is 7.01. The lowest BCUT2D eigenvalue weighted by Gasteiger charge is -2.32. The highest BCUT2D eigenvalue weighted by atomic mass is 16.5. The molecule has 1 fully saturated rings. The van der Waals surface area contributed by atoms with Gasteiger partial charge in [-0.2, -0.15) is 0 Å². The zero-order valence-electron chi connectivity index (χ0n) is 11.2. The molecule has 16 heavy (non-hydrogen) atoms. The van der Waals surface area contributed by atoms with Gasteiger partial charge in [0.2, 0.25) is 0 Å². The van der Waals surface area contributed by atoms with Gasteiger partial charge >= 0.3 is 0 Å². The molecular formula is C13H28N2O. The summed E-state index contributed by atoms with van der Waals surface area (Å²) in [5.41, 5.74) is 0. The van der Waals surface area contributed by atoms with Gasteiger partial charge in [0.15, 0.2) is 0 Å². The van der Waals surface area contributed by atoms with Gasteiger partial charge < -0.3 is 10.1 Å². The van der Waals surface area contributed by atoms with E-state index in [1.807, 2.05) is 7.05 Å². The lowest BCUT2D eigenvalue weighted by atomic mass is 10.1. The largest absolute Gasteiger partial charge is 0.377 e. The molecule has 0 amide bonds. The third-order valence-electron chi connectivity index (χ3n) is 3.45. The van der Waals surface area contributed by atoms with Crippen LogP contribution in [0.1, 0.15) is 39.5 Å². The summed E-state index contributed by atoms with van der Waals surface area (Å²) in [7, 11) is 2.04.